The Morgan fingerprint density at radius 2 is 1.51 bits per heavy atom. The number of rotatable bonds is 6. The Morgan fingerprint density at radius 1 is 0.897 bits per heavy atom. The first kappa shape index (κ1) is 27.3. The number of carbonyl (C=O) groups excluding carboxylic acids is 1. The number of hydrogen-bond acceptors (Lipinski definition) is 4. The van der Waals surface area contributed by atoms with Gasteiger partial charge in [-0.1, -0.05) is 59.6 Å². The van der Waals surface area contributed by atoms with Crippen molar-refractivity contribution in [2.45, 2.75) is 42.6 Å². The number of pyridine rings is 1. The van der Waals surface area contributed by atoms with Crippen LogP contribution in [0.2, 0.25) is 5.02 Å². The summed E-state index contributed by atoms with van der Waals surface area (Å²) in [5.41, 5.74) is 4.06. The molecule has 1 aromatic heterocycles. The van der Waals surface area contributed by atoms with Crippen molar-refractivity contribution in [3.63, 3.8) is 0 Å². The smallest absolute Gasteiger partial charge is 0.257 e. The fourth-order valence-electron chi connectivity index (χ4n) is 4.72. The number of halogens is 2. The third kappa shape index (κ3) is 5.32. The summed E-state index contributed by atoms with van der Waals surface area (Å²) in [5.74, 6) is -0.330. The normalized spacial score (nSPS) is 17.4. The van der Waals surface area contributed by atoms with Gasteiger partial charge in [0.2, 0.25) is 10.0 Å². The van der Waals surface area contributed by atoms with Crippen LogP contribution in [0.25, 0.3) is 11.1 Å². The summed E-state index contributed by atoms with van der Waals surface area (Å²) in [6, 6.07) is 23.2. The molecule has 0 saturated carbocycles. The van der Waals surface area contributed by atoms with Crippen molar-refractivity contribution in [1.82, 2.24) is 9.71 Å². The van der Waals surface area contributed by atoms with E-state index in [0.717, 1.165) is 16.7 Å². The van der Waals surface area contributed by atoms with E-state index >= 15 is 0 Å². The van der Waals surface area contributed by atoms with Gasteiger partial charge in [-0.15, -0.1) is 0 Å². The molecule has 1 aliphatic rings. The molecule has 0 saturated heterocycles. The average Bonchev–Trinajstić information content (AvgIpc) is 3.10. The maximum Gasteiger partial charge on any atom is 0.257 e. The molecule has 3 aromatic carbocycles. The molecule has 0 aliphatic carbocycles. The van der Waals surface area contributed by atoms with Crippen molar-refractivity contribution in [2.24, 2.45) is 0 Å². The van der Waals surface area contributed by atoms with E-state index < -0.39 is 20.4 Å². The molecule has 2 heterocycles. The van der Waals surface area contributed by atoms with Gasteiger partial charge in [0.05, 0.1) is 17.1 Å². The second-order valence-electron chi connectivity index (χ2n) is 10.5. The molecule has 1 amide bonds. The SMILES string of the molecule is CC(C)(C)NS(=O)(=O)c1ccc(C2(Cl)C(=O)N(Cc3ccc(-c4ccncc4)cc3)c3ccc(Cl)cc32)cc1. The zero-order chi connectivity index (χ0) is 28.0. The summed E-state index contributed by atoms with van der Waals surface area (Å²) in [6.07, 6.45) is 3.49. The molecule has 5 rings (SSSR count). The van der Waals surface area contributed by atoms with E-state index in [0.29, 0.717) is 28.4 Å². The number of fused-ring (bicyclic) bond motifs is 1. The third-order valence-electron chi connectivity index (χ3n) is 6.47. The van der Waals surface area contributed by atoms with Gasteiger partial charge in [0.1, 0.15) is 0 Å². The molecule has 1 N–H and O–H groups in total. The fraction of sp³-hybridized carbons (Fsp3) is 0.200. The second-order valence-corrected chi connectivity index (χ2v) is 13.2. The van der Waals surface area contributed by atoms with Crippen LogP contribution in [0.1, 0.15) is 37.5 Å². The van der Waals surface area contributed by atoms with Crippen molar-refractivity contribution in [2.75, 3.05) is 4.90 Å². The van der Waals surface area contributed by atoms with Crippen molar-refractivity contribution in [3.05, 3.63) is 113 Å². The molecule has 4 aromatic rings. The van der Waals surface area contributed by atoms with Crippen molar-refractivity contribution in [1.29, 1.82) is 0 Å². The Bertz CT molecular complexity index is 1640. The van der Waals surface area contributed by atoms with E-state index in [-0.39, 0.29) is 10.8 Å². The van der Waals surface area contributed by atoms with Crippen molar-refractivity contribution < 1.29 is 13.2 Å². The Morgan fingerprint density at radius 3 is 2.13 bits per heavy atom. The van der Waals surface area contributed by atoms with Crippen LogP contribution in [0.5, 0.6) is 0 Å². The number of benzene rings is 3. The lowest BCUT2D eigenvalue weighted by atomic mass is 9.91. The number of anilines is 1. The van der Waals surface area contributed by atoms with Crippen LogP contribution in [-0.4, -0.2) is 24.8 Å². The zero-order valence-electron chi connectivity index (χ0n) is 21.7. The molecule has 1 unspecified atom stereocenters. The minimum absolute atomic E-state index is 0.0874. The number of nitrogens with zero attached hydrogens (tertiary/aromatic N) is 2. The highest BCUT2D eigenvalue weighted by Crippen LogP contribution is 2.50. The van der Waals surface area contributed by atoms with E-state index in [1.54, 1.807) is 68.4 Å². The topological polar surface area (TPSA) is 79.4 Å². The van der Waals surface area contributed by atoms with Gasteiger partial charge in [-0.25, -0.2) is 13.1 Å². The Kier molecular flexibility index (Phi) is 7.06. The molecule has 39 heavy (non-hydrogen) atoms. The summed E-state index contributed by atoms with van der Waals surface area (Å²) in [5, 5.41) is 0.448. The van der Waals surface area contributed by atoms with Gasteiger partial charge in [0.25, 0.3) is 5.91 Å². The van der Waals surface area contributed by atoms with Crippen LogP contribution in [0.3, 0.4) is 0 Å². The largest absolute Gasteiger partial charge is 0.305 e. The predicted octanol–water partition coefficient (Wildman–Crippen LogP) is 6.51. The fourth-order valence-corrected chi connectivity index (χ4v) is 6.69. The second kappa shape index (κ2) is 10.1. The van der Waals surface area contributed by atoms with Crippen LogP contribution in [0.15, 0.2) is 96.2 Å². The molecule has 1 atom stereocenters. The molecule has 0 radical (unpaired) electrons. The van der Waals surface area contributed by atoms with Gasteiger partial charge in [-0.05, 0) is 85.5 Å². The molecule has 9 heteroatoms. The third-order valence-corrected chi connectivity index (χ3v) is 9.06. The number of nitrogens with one attached hydrogen (secondary N) is 1. The first-order chi connectivity index (χ1) is 18.4. The predicted molar refractivity (Wildman–Crippen MR) is 155 cm³/mol. The molecule has 0 spiro atoms. The minimum atomic E-state index is -3.75. The molecule has 0 bridgehead atoms. The van der Waals surface area contributed by atoms with Crippen molar-refractivity contribution >= 4 is 44.8 Å². The highest BCUT2D eigenvalue weighted by atomic mass is 35.5. The Hall–Kier alpha value is -3.23. The summed E-state index contributed by atoms with van der Waals surface area (Å²) in [4.78, 5) is 18.2. The number of alkyl halides is 1. The minimum Gasteiger partial charge on any atom is -0.305 e. The number of carbonyl (C=O) groups is 1. The van der Waals surface area contributed by atoms with E-state index in [4.69, 9.17) is 23.2 Å². The number of amides is 1. The van der Waals surface area contributed by atoms with E-state index in [1.807, 2.05) is 36.4 Å². The van der Waals surface area contributed by atoms with E-state index in [2.05, 4.69) is 9.71 Å². The summed E-state index contributed by atoms with van der Waals surface area (Å²) in [6.45, 7) is 5.62. The Labute approximate surface area is 238 Å². The van der Waals surface area contributed by atoms with Crippen molar-refractivity contribution in [3.8, 4) is 11.1 Å². The number of sulfonamides is 1. The first-order valence-corrected chi connectivity index (χ1v) is 14.6. The van der Waals surface area contributed by atoms with E-state index in [9.17, 15) is 13.2 Å². The quantitative estimate of drug-likeness (QED) is 0.264. The lowest BCUT2D eigenvalue weighted by Gasteiger charge is -2.24. The van der Waals surface area contributed by atoms with Crippen LogP contribution in [-0.2, 0) is 26.2 Å². The van der Waals surface area contributed by atoms with Gasteiger partial charge >= 0.3 is 0 Å². The molecular formula is C30H27Cl2N3O3S. The molecule has 200 valence electrons. The summed E-state index contributed by atoms with van der Waals surface area (Å²) < 4.78 is 28.2. The zero-order valence-corrected chi connectivity index (χ0v) is 24.0. The van der Waals surface area contributed by atoms with Gasteiger partial charge in [0, 0.05) is 28.5 Å². The monoisotopic (exact) mass is 579 g/mol. The summed E-state index contributed by atoms with van der Waals surface area (Å²) in [7, 11) is -3.75. The molecule has 0 fully saturated rings. The molecular weight excluding hydrogens is 553 g/mol. The molecule has 6 nitrogen and oxygen atoms in total. The van der Waals surface area contributed by atoms with Crippen LogP contribution >= 0.6 is 23.2 Å². The highest BCUT2D eigenvalue weighted by molar-refractivity contribution is 7.89. The first-order valence-electron chi connectivity index (χ1n) is 12.3. The lowest BCUT2D eigenvalue weighted by molar-refractivity contribution is -0.119. The van der Waals surface area contributed by atoms with Gasteiger partial charge in [0.15, 0.2) is 4.87 Å². The standard InChI is InChI=1S/C30H27Cl2N3O3S/c1-29(2,3)34-39(37,38)25-11-8-23(9-12-25)30(32)26-18-24(31)10-13-27(26)35(28(30)36)19-20-4-6-21(7-5-20)22-14-16-33-17-15-22/h4-18,34H,19H2,1-3H3. The maximum atomic E-state index is 14.0. The summed E-state index contributed by atoms with van der Waals surface area (Å²) >= 11 is 13.5. The van der Waals surface area contributed by atoms with Crippen LogP contribution in [0.4, 0.5) is 5.69 Å². The molecule has 1 aliphatic heterocycles. The number of aromatic nitrogens is 1. The van der Waals surface area contributed by atoms with E-state index in [1.165, 1.54) is 12.1 Å². The van der Waals surface area contributed by atoms with Gasteiger partial charge in [-0.3, -0.25) is 9.78 Å². The van der Waals surface area contributed by atoms with Gasteiger partial charge in [-0.2, -0.15) is 0 Å². The lowest BCUT2D eigenvalue weighted by Crippen LogP contribution is -2.40. The van der Waals surface area contributed by atoms with Crippen LogP contribution in [0, 0.1) is 0 Å². The maximum absolute atomic E-state index is 14.0. The number of hydrogen-bond donors (Lipinski definition) is 1. The van der Waals surface area contributed by atoms with Gasteiger partial charge < -0.3 is 4.90 Å². The average molecular weight is 581 g/mol. The Balaban J connectivity index is 1.48. The highest BCUT2D eigenvalue weighted by Gasteiger charge is 2.51. The van der Waals surface area contributed by atoms with Crippen LogP contribution < -0.4 is 9.62 Å².